The number of carbonyl (C=O) groups excluding carboxylic acids is 1. The highest BCUT2D eigenvalue weighted by atomic mass is 35.5. The van der Waals surface area contributed by atoms with Crippen LogP contribution in [0, 0.1) is 5.82 Å². The molecule has 1 atom stereocenters. The summed E-state index contributed by atoms with van der Waals surface area (Å²) < 4.78 is 41.0. The maximum absolute atomic E-state index is 13.8. The Bertz CT molecular complexity index is 1000. The van der Waals surface area contributed by atoms with Gasteiger partial charge in [0.15, 0.2) is 0 Å². The summed E-state index contributed by atoms with van der Waals surface area (Å²) in [6, 6.07) is 7.62. The van der Waals surface area contributed by atoms with Gasteiger partial charge in [-0.2, -0.15) is 0 Å². The number of sulfonamides is 1. The molecule has 0 aliphatic rings. The van der Waals surface area contributed by atoms with Crippen molar-refractivity contribution in [3.8, 4) is 0 Å². The molecule has 5 N–H and O–H groups in total. The molecule has 11 heteroatoms. The molecule has 28 heavy (non-hydrogen) atoms. The van der Waals surface area contributed by atoms with Gasteiger partial charge in [0.1, 0.15) is 10.7 Å². The van der Waals surface area contributed by atoms with Gasteiger partial charge in [0.25, 0.3) is 10.0 Å². The molecule has 1 amide bonds. The fourth-order valence-electron chi connectivity index (χ4n) is 2.21. The van der Waals surface area contributed by atoms with Gasteiger partial charge in [0.05, 0.1) is 17.4 Å². The van der Waals surface area contributed by atoms with Crippen LogP contribution < -0.4 is 15.8 Å². The fourth-order valence-corrected chi connectivity index (χ4v) is 3.54. The van der Waals surface area contributed by atoms with Gasteiger partial charge < -0.3 is 16.2 Å². The van der Waals surface area contributed by atoms with Gasteiger partial charge >= 0.3 is 5.97 Å². The Morgan fingerprint density at radius 2 is 1.86 bits per heavy atom. The van der Waals surface area contributed by atoms with Gasteiger partial charge in [-0.1, -0.05) is 23.7 Å². The van der Waals surface area contributed by atoms with Crippen LogP contribution in [0.4, 0.5) is 15.8 Å². The van der Waals surface area contributed by atoms with Gasteiger partial charge in [-0.3, -0.25) is 14.3 Å². The van der Waals surface area contributed by atoms with Gasteiger partial charge in [-0.05, 0) is 36.8 Å². The molecule has 2 aromatic carbocycles. The molecular formula is C17H17ClFN3O5S. The number of hydrogen-bond donors (Lipinski definition) is 4. The summed E-state index contributed by atoms with van der Waals surface area (Å²) in [6.07, 6.45) is -0.422. The molecule has 2 aromatic rings. The number of carboxylic acids is 1. The Morgan fingerprint density at radius 1 is 1.18 bits per heavy atom. The number of halogens is 2. The van der Waals surface area contributed by atoms with Crippen molar-refractivity contribution in [3.63, 3.8) is 0 Å². The summed E-state index contributed by atoms with van der Waals surface area (Å²) in [5, 5.41) is 11.3. The summed E-state index contributed by atoms with van der Waals surface area (Å²) >= 11 is 5.90. The Balaban J connectivity index is 2.26. The highest BCUT2D eigenvalue weighted by Gasteiger charge is 2.22. The van der Waals surface area contributed by atoms with Crippen LogP contribution in [0.25, 0.3) is 0 Å². The van der Waals surface area contributed by atoms with Crippen LogP contribution in [-0.2, 0) is 19.6 Å². The highest BCUT2D eigenvalue weighted by molar-refractivity contribution is 7.92. The van der Waals surface area contributed by atoms with Crippen LogP contribution >= 0.6 is 11.6 Å². The average Bonchev–Trinajstić information content (AvgIpc) is 2.62. The average molecular weight is 430 g/mol. The molecule has 8 nitrogen and oxygen atoms in total. The van der Waals surface area contributed by atoms with Crippen LogP contribution in [0.3, 0.4) is 0 Å². The van der Waals surface area contributed by atoms with Crippen molar-refractivity contribution >= 4 is 44.9 Å². The molecule has 0 aromatic heterocycles. The van der Waals surface area contributed by atoms with E-state index in [1.807, 2.05) is 0 Å². The van der Waals surface area contributed by atoms with E-state index in [1.54, 1.807) is 0 Å². The first-order valence-corrected chi connectivity index (χ1v) is 9.81. The SMILES string of the molecule is N[C@@H](CCC(=O)O)C(=O)Nc1cc(Cl)ccc1NS(=O)(=O)c1ccccc1F. The Labute approximate surface area is 165 Å². The Hall–Kier alpha value is -2.69. The molecule has 0 spiro atoms. The van der Waals surface area contributed by atoms with Crippen molar-refractivity contribution < 1.29 is 27.5 Å². The first-order valence-electron chi connectivity index (χ1n) is 7.95. The number of carboxylic acid groups (broad SMARTS) is 1. The lowest BCUT2D eigenvalue weighted by Crippen LogP contribution is -2.36. The van der Waals surface area contributed by atoms with E-state index in [0.717, 1.165) is 12.1 Å². The standard InChI is InChI=1S/C17H17ClFN3O5S/c18-10-5-7-13(22-28(26,27)15-4-2-1-3-11(15)19)14(9-10)21-17(25)12(20)6-8-16(23)24/h1-5,7,9,12,22H,6,8,20H2,(H,21,25)(H,23,24)/t12-/m0/s1. The molecule has 0 fully saturated rings. The second kappa shape index (κ2) is 9.00. The van der Waals surface area contributed by atoms with Gasteiger partial charge in [-0.25, -0.2) is 12.8 Å². The summed E-state index contributed by atoms with van der Waals surface area (Å²) in [7, 11) is -4.29. The third-order valence-corrected chi connectivity index (χ3v) is 5.25. The predicted molar refractivity (Wildman–Crippen MR) is 102 cm³/mol. The fraction of sp³-hybridized carbons (Fsp3) is 0.176. The molecule has 0 saturated heterocycles. The van der Waals surface area contributed by atoms with Crippen molar-refractivity contribution in [2.75, 3.05) is 10.0 Å². The van der Waals surface area contributed by atoms with E-state index >= 15 is 0 Å². The number of carbonyl (C=O) groups is 2. The minimum atomic E-state index is -4.29. The molecule has 0 heterocycles. The zero-order valence-electron chi connectivity index (χ0n) is 14.4. The maximum Gasteiger partial charge on any atom is 0.303 e. The minimum absolute atomic E-state index is 0.0109. The van der Waals surface area contributed by atoms with Crippen LogP contribution in [0.15, 0.2) is 47.4 Å². The Kier molecular flexibility index (Phi) is 6.95. The quantitative estimate of drug-likeness (QED) is 0.508. The molecule has 0 unspecified atom stereocenters. The van der Waals surface area contributed by atoms with Gasteiger partial charge in [0.2, 0.25) is 5.91 Å². The predicted octanol–water partition coefficient (Wildman–Crippen LogP) is 2.41. The van der Waals surface area contributed by atoms with Crippen LogP contribution in [0.2, 0.25) is 5.02 Å². The summed E-state index contributed by atoms with van der Waals surface area (Å²) in [6.45, 7) is 0. The molecule has 150 valence electrons. The Morgan fingerprint density at radius 3 is 2.50 bits per heavy atom. The van der Waals surface area contributed by atoms with Crippen molar-refractivity contribution in [2.45, 2.75) is 23.8 Å². The summed E-state index contributed by atoms with van der Waals surface area (Å²) in [4.78, 5) is 22.2. The van der Waals surface area contributed by atoms with Gasteiger partial charge in [0, 0.05) is 11.4 Å². The van der Waals surface area contributed by atoms with Crippen LogP contribution in [0.1, 0.15) is 12.8 Å². The minimum Gasteiger partial charge on any atom is -0.481 e. The molecule has 0 radical (unpaired) electrons. The van der Waals surface area contributed by atoms with Crippen molar-refractivity contribution in [2.24, 2.45) is 5.73 Å². The van der Waals surface area contributed by atoms with E-state index in [9.17, 15) is 22.4 Å². The molecule has 0 saturated carbocycles. The van der Waals surface area contributed by atoms with E-state index in [-0.39, 0.29) is 29.2 Å². The lowest BCUT2D eigenvalue weighted by molar-refractivity contribution is -0.137. The van der Waals surface area contributed by atoms with E-state index in [2.05, 4.69) is 10.0 Å². The third-order valence-electron chi connectivity index (χ3n) is 3.62. The van der Waals surface area contributed by atoms with Crippen molar-refractivity contribution in [3.05, 3.63) is 53.3 Å². The van der Waals surface area contributed by atoms with E-state index in [1.165, 1.54) is 30.3 Å². The number of rotatable bonds is 8. The van der Waals surface area contributed by atoms with Crippen molar-refractivity contribution in [1.82, 2.24) is 0 Å². The summed E-state index contributed by atoms with van der Waals surface area (Å²) in [5.74, 6) is -2.77. The number of hydrogen-bond acceptors (Lipinski definition) is 5. The van der Waals surface area contributed by atoms with E-state index in [0.29, 0.717) is 0 Å². The normalized spacial score (nSPS) is 12.2. The monoisotopic (exact) mass is 429 g/mol. The first-order chi connectivity index (χ1) is 13.1. The number of amides is 1. The lowest BCUT2D eigenvalue weighted by atomic mass is 10.1. The maximum atomic E-state index is 13.8. The second-order valence-corrected chi connectivity index (χ2v) is 7.84. The lowest BCUT2D eigenvalue weighted by Gasteiger charge is -2.16. The van der Waals surface area contributed by atoms with E-state index in [4.69, 9.17) is 22.4 Å². The van der Waals surface area contributed by atoms with E-state index < -0.39 is 38.7 Å². The largest absolute Gasteiger partial charge is 0.481 e. The van der Waals surface area contributed by atoms with Crippen LogP contribution in [-0.4, -0.2) is 31.4 Å². The number of nitrogens with one attached hydrogen (secondary N) is 2. The molecule has 2 rings (SSSR count). The molecular weight excluding hydrogens is 413 g/mol. The second-order valence-electron chi connectivity index (χ2n) is 5.75. The highest BCUT2D eigenvalue weighted by Crippen LogP contribution is 2.29. The first kappa shape index (κ1) is 21.6. The smallest absolute Gasteiger partial charge is 0.303 e. The molecule has 0 aliphatic carbocycles. The third kappa shape index (κ3) is 5.65. The van der Waals surface area contributed by atoms with Crippen molar-refractivity contribution in [1.29, 1.82) is 0 Å². The number of aliphatic carboxylic acids is 1. The number of nitrogens with two attached hydrogens (primary N) is 1. The van der Waals surface area contributed by atoms with Gasteiger partial charge in [-0.15, -0.1) is 0 Å². The zero-order chi connectivity index (χ0) is 20.9. The summed E-state index contributed by atoms with van der Waals surface area (Å²) in [5.41, 5.74) is 5.57. The number of benzene rings is 2. The molecule has 0 bridgehead atoms. The zero-order valence-corrected chi connectivity index (χ0v) is 15.9. The number of anilines is 2. The van der Waals surface area contributed by atoms with Crippen LogP contribution in [0.5, 0.6) is 0 Å². The topological polar surface area (TPSA) is 139 Å². The molecule has 0 aliphatic heterocycles.